The number of ether oxygens (including phenoxy) is 2. The number of H-pyrrole nitrogens is 1. The Kier molecular flexibility index (Phi) is 3.68. The highest BCUT2D eigenvalue weighted by molar-refractivity contribution is 7.71. The van der Waals surface area contributed by atoms with Crippen LogP contribution in [0.4, 0.5) is 5.95 Å². The summed E-state index contributed by atoms with van der Waals surface area (Å²) in [6.45, 7) is -0.295. The van der Waals surface area contributed by atoms with E-state index in [1.165, 1.54) is 7.11 Å². The van der Waals surface area contributed by atoms with E-state index in [1.807, 2.05) is 0 Å². The maximum atomic E-state index is 10.1. The lowest BCUT2D eigenvalue weighted by Crippen LogP contribution is -2.34. The first-order chi connectivity index (χ1) is 10.1. The van der Waals surface area contributed by atoms with Crippen LogP contribution in [0, 0.1) is 4.64 Å². The minimum atomic E-state index is -0.926. The SMILES string of the molecule is CO[C@H]1C(n2ccc3c(=S)nc(N)[nH]c32)O[C@H](CO)[C@H]1O. The zero-order valence-electron chi connectivity index (χ0n) is 11.3. The van der Waals surface area contributed by atoms with E-state index in [9.17, 15) is 10.2 Å². The molecule has 1 aliphatic rings. The van der Waals surface area contributed by atoms with Gasteiger partial charge in [-0.2, -0.15) is 0 Å². The van der Waals surface area contributed by atoms with Crippen molar-refractivity contribution in [2.45, 2.75) is 24.5 Å². The van der Waals surface area contributed by atoms with Gasteiger partial charge >= 0.3 is 0 Å². The van der Waals surface area contributed by atoms with Crippen molar-refractivity contribution in [2.24, 2.45) is 0 Å². The van der Waals surface area contributed by atoms with Gasteiger partial charge in [-0.1, -0.05) is 12.2 Å². The van der Waals surface area contributed by atoms with E-state index in [1.54, 1.807) is 16.8 Å². The summed E-state index contributed by atoms with van der Waals surface area (Å²) < 4.78 is 13.1. The highest BCUT2D eigenvalue weighted by Crippen LogP contribution is 2.33. The number of nitrogen functional groups attached to an aromatic ring is 1. The Morgan fingerprint density at radius 1 is 1.62 bits per heavy atom. The molecule has 5 N–H and O–H groups in total. The molecule has 0 radical (unpaired) electrons. The molecule has 1 unspecified atom stereocenters. The molecule has 0 bridgehead atoms. The first-order valence-electron chi connectivity index (χ1n) is 6.40. The van der Waals surface area contributed by atoms with Gasteiger partial charge in [-0.3, -0.25) is 0 Å². The monoisotopic (exact) mass is 312 g/mol. The molecule has 0 amide bonds. The van der Waals surface area contributed by atoms with Gasteiger partial charge in [0.25, 0.3) is 0 Å². The van der Waals surface area contributed by atoms with Crippen LogP contribution in [0.2, 0.25) is 0 Å². The fraction of sp³-hybridized carbons (Fsp3) is 0.500. The van der Waals surface area contributed by atoms with Gasteiger partial charge in [0.05, 0.1) is 12.0 Å². The first-order valence-corrected chi connectivity index (χ1v) is 6.81. The summed E-state index contributed by atoms with van der Waals surface area (Å²) in [5.41, 5.74) is 6.32. The van der Waals surface area contributed by atoms with Crippen LogP contribution in [0.15, 0.2) is 12.3 Å². The molecular weight excluding hydrogens is 296 g/mol. The number of anilines is 1. The molecule has 0 aromatic carbocycles. The Bertz CT molecular complexity index is 715. The summed E-state index contributed by atoms with van der Waals surface area (Å²) in [6.07, 6.45) is -1.10. The molecule has 0 spiro atoms. The lowest BCUT2D eigenvalue weighted by Gasteiger charge is -2.20. The van der Waals surface area contributed by atoms with Gasteiger partial charge in [0.2, 0.25) is 0 Å². The van der Waals surface area contributed by atoms with Gasteiger partial charge in [0.1, 0.15) is 28.6 Å². The van der Waals surface area contributed by atoms with Crippen molar-refractivity contribution in [3.8, 4) is 0 Å². The van der Waals surface area contributed by atoms with Crippen molar-refractivity contribution in [1.29, 1.82) is 0 Å². The molecule has 9 heteroatoms. The van der Waals surface area contributed by atoms with Crippen molar-refractivity contribution in [3.63, 3.8) is 0 Å². The Labute approximate surface area is 125 Å². The number of hydrogen-bond donors (Lipinski definition) is 4. The van der Waals surface area contributed by atoms with E-state index in [2.05, 4.69) is 9.97 Å². The van der Waals surface area contributed by atoms with Gasteiger partial charge in [0.15, 0.2) is 12.2 Å². The van der Waals surface area contributed by atoms with Crippen LogP contribution < -0.4 is 5.73 Å². The molecule has 0 aliphatic carbocycles. The smallest absolute Gasteiger partial charge is 0.200 e. The van der Waals surface area contributed by atoms with Gasteiger partial charge in [-0.25, -0.2) is 4.98 Å². The highest BCUT2D eigenvalue weighted by atomic mass is 32.1. The quantitative estimate of drug-likeness (QED) is 0.586. The van der Waals surface area contributed by atoms with Crippen molar-refractivity contribution < 1.29 is 19.7 Å². The molecule has 1 aliphatic heterocycles. The number of aromatic amines is 1. The molecule has 4 atom stereocenters. The zero-order valence-corrected chi connectivity index (χ0v) is 12.1. The Hall–Kier alpha value is -1.52. The summed E-state index contributed by atoms with van der Waals surface area (Å²) in [5.74, 6) is 0.193. The maximum absolute atomic E-state index is 10.1. The molecule has 1 fully saturated rings. The van der Waals surface area contributed by atoms with Crippen molar-refractivity contribution in [1.82, 2.24) is 14.5 Å². The lowest BCUT2D eigenvalue weighted by molar-refractivity contribution is -0.0580. The number of methoxy groups -OCH3 is 1. The summed E-state index contributed by atoms with van der Waals surface area (Å²) in [5, 5.41) is 20.1. The van der Waals surface area contributed by atoms with Crippen LogP contribution >= 0.6 is 12.2 Å². The van der Waals surface area contributed by atoms with E-state index in [0.717, 1.165) is 5.39 Å². The molecule has 8 nitrogen and oxygen atoms in total. The van der Waals surface area contributed by atoms with Crippen molar-refractivity contribution >= 4 is 29.2 Å². The van der Waals surface area contributed by atoms with E-state index >= 15 is 0 Å². The first kappa shape index (κ1) is 14.4. The average Bonchev–Trinajstić information content (AvgIpc) is 2.99. The second-order valence-electron chi connectivity index (χ2n) is 4.85. The van der Waals surface area contributed by atoms with Gasteiger partial charge in [-0.05, 0) is 6.07 Å². The molecule has 3 heterocycles. The number of aliphatic hydroxyl groups is 2. The third-order valence-electron chi connectivity index (χ3n) is 3.65. The van der Waals surface area contributed by atoms with E-state index in [0.29, 0.717) is 10.3 Å². The number of aliphatic hydroxyl groups excluding tert-OH is 2. The zero-order chi connectivity index (χ0) is 15.1. The summed E-state index contributed by atoms with van der Waals surface area (Å²) in [4.78, 5) is 6.92. The predicted molar refractivity (Wildman–Crippen MR) is 77.1 cm³/mol. The highest BCUT2D eigenvalue weighted by Gasteiger charge is 2.45. The van der Waals surface area contributed by atoms with Crippen molar-refractivity contribution in [3.05, 3.63) is 16.9 Å². The summed E-state index contributed by atoms with van der Waals surface area (Å²) in [7, 11) is 1.48. The lowest BCUT2D eigenvalue weighted by atomic mass is 10.1. The number of fused-ring (bicyclic) bond motifs is 1. The molecule has 21 heavy (non-hydrogen) atoms. The molecular formula is C12H16N4O4S. The van der Waals surface area contributed by atoms with Crippen LogP contribution in [0.1, 0.15) is 6.23 Å². The fourth-order valence-electron chi connectivity index (χ4n) is 2.63. The molecule has 2 aromatic rings. The minimum absolute atomic E-state index is 0.193. The fourth-order valence-corrected chi connectivity index (χ4v) is 2.89. The van der Waals surface area contributed by atoms with Crippen LogP contribution in [-0.2, 0) is 9.47 Å². The average molecular weight is 312 g/mol. The Balaban J connectivity index is 2.10. The molecule has 0 saturated carbocycles. The van der Waals surface area contributed by atoms with E-state index in [-0.39, 0.29) is 12.6 Å². The maximum Gasteiger partial charge on any atom is 0.200 e. The van der Waals surface area contributed by atoms with Gasteiger partial charge < -0.3 is 35.0 Å². The standard InChI is InChI=1S/C12H16N4O4S/c1-19-8-7(18)6(4-17)20-11(8)16-3-2-5-9(16)14-12(13)15-10(5)21/h2-3,6-8,11,17-18H,4H2,1H3,(H3,13,14,15,21)/t6-,7-,8-,11?/m1/s1. The van der Waals surface area contributed by atoms with E-state index < -0.39 is 24.5 Å². The minimum Gasteiger partial charge on any atom is -0.394 e. The van der Waals surface area contributed by atoms with Crippen LogP contribution in [-0.4, -0.2) is 56.8 Å². The van der Waals surface area contributed by atoms with Crippen LogP contribution in [0.5, 0.6) is 0 Å². The number of aromatic nitrogens is 3. The molecule has 114 valence electrons. The third-order valence-corrected chi connectivity index (χ3v) is 3.96. The van der Waals surface area contributed by atoms with Crippen LogP contribution in [0.25, 0.3) is 11.0 Å². The van der Waals surface area contributed by atoms with Gasteiger partial charge in [0, 0.05) is 13.3 Å². The topological polar surface area (TPSA) is 119 Å². The number of hydrogen-bond acceptors (Lipinski definition) is 7. The molecule has 3 rings (SSSR count). The Morgan fingerprint density at radius 2 is 2.38 bits per heavy atom. The number of nitrogens with one attached hydrogen (secondary N) is 1. The summed E-state index contributed by atoms with van der Waals surface area (Å²) >= 11 is 5.17. The number of nitrogens with two attached hydrogens (primary N) is 1. The van der Waals surface area contributed by atoms with Crippen LogP contribution in [0.3, 0.4) is 0 Å². The normalized spacial score (nSPS) is 29.3. The van der Waals surface area contributed by atoms with E-state index in [4.69, 9.17) is 27.4 Å². The second kappa shape index (κ2) is 5.35. The van der Waals surface area contributed by atoms with Gasteiger partial charge in [-0.15, -0.1) is 0 Å². The molecule has 2 aromatic heterocycles. The number of rotatable bonds is 3. The summed E-state index contributed by atoms with van der Waals surface area (Å²) in [6, 6.07) is 1.79. The second-order valence-corrected chi connectivity index (χ2v) is 5.24. The van der Waals surface area contributed by atoms with Crippen molar-refractivity contribution in [2.75, 3.05) is 19.5 Å². The predicted octanol–water partition coefficient (Wildman–Crippen LogP) is -0.0583. The molecule has 1 saturated heterocycles. The largest absolute Gasteiger partial charge is 0.394 e. The number of nitrogens with zero attached hydrogens (tertiary/aromatic N) is 2. The Morgan fingerprint density at radius 3 is 3.05 bits per heavy atom. The third kappa shape index (κ3) is 2.23.